The summed E-state index contributed by atoms with van der Waals surface area (Å²) in [5, 5.41) is 6.01. The Morgan fingerprint density at radius 2 is 1.90 bits per heavy atom. The minimum atomic E-state index is -0.524. The molecule has 0 aliphatic carbocycles. The Bertz CT molecular complexity index is 1130. The predicted molar refractivity (Wildman–Crippen MR) is 118 cm³/mol. The van der Waals surface area contributed by atoms with E-state index in [1.54, 1.807) is 30.5 Å². The van der Waals surface area contributed by atoms with Crippen molar-refractivity contribution in [2.45, 2.75) is 33.1 Å². The van der Waals surface area contributed by atoms with Crippen LogP contribution in [-0.4, -0.2) is 31.4 Å². The van der Waals surface area contributed by atoms with Gasteiger partial charge in [0.05, 0.1) is 12.7 Å². The number of amides is 2. The van der Waals surface area contributed by atoms with Crippen molar-refractivity contribution in [2.75, 3.05) is 19.0 Å². The molecule has 3 aromatic rings. The number of hydrogen-bond acceptors (Lipinski definition) is 5. The maximum Gasteiger partial charge on any atom is 0.310 e. The third-order valence-electron chi connectivity index (χ3n) is 5.00. The highest BCUT2D eigenvalue weighted by atomic mass is 16.5. The van der Waals surface area contributed by atoms with E-state index in [1.807, 2.05) is 19.1 Å². The number of carbonyl (C=O) groups excluding carboxylic acids is 3. The molecule has 0 fully saturated rings. The number of furan rings is 1. The quantitative estimate of drug-likeness (QED) is 0.562. The Balaban J connectivity index is 1.60. The normalized spacial score (nSPS) is 10.9. The molecule has 2 aromatic carbocycles. The second-order valence-corrected chi connectivity index (χ2v) is 7.67. The third-order valence-corrected chi connectivity index (χ3v) is 5.00. The molecule has 0 unspecified atom stereocenters. The topological polar surface area (TPSA) is 97.6 Å². The van der Waals surface area contributed by atoms with Crippen LogP contribution in [0, 0.1) is 6.92 Å². The van der Waals surface area contributed by atoms with Gasteiger partial charge in [-0.25, -0.2) is 0 Å². The highest BCUT2D eigenvalue weighted by molar-refractivity contribution is 5.97. The monoisotopic (exact) mass is 422 g/mol. The summed E-state index contributed by atoms with van der Waals surface area (Å²) in [5.41, 5.74) is 4.64. The average molecular weight is 422 g/mol. The van der Waals surface area contributed by atoms with Crippen LogP contribution in [0.25, 0.3) is 11.0 Å². The molecule has 0 radical (unpaired) electrons. The molecule has 31 heavy (non-hydrogen) atoms. The number of benzene rings is 2. The summed E-state index contributed by atoms with van der Waals surface area (Å²) in [4.78, 5) is 36.1. The first kappa shape index (κ1) is 22.1. The SMILES string of the molecule is CNC(=O)c1cccc(NC(=O)COC(=O)Cc2coc3cc(C)c(C(C)C)cc23)c1. The summed E-state index contributed by atoms with van der Waals surface area (Å²) in [6.07, 6.45) is 1.56. The molecular weight excluding hydrogens is 396 g/mol. The van der Waals surface area contributed by atoms with Gasteiger partial charge in [-0.1, -0.05) is 19.9 Å². The zero-order valence-electron chi connectivity index (χ0n) is 18.1. The van der Waals surface area contributed by atoms with Gasteiger partial charge < -0.3 is 19.8 Å². The van der Waals surface area contributed by atoms with Crippen LogP contribution >= 0.6 is 0 Å². The maximum absolute atomic E-state index is 12.3. The molecule has 162 valence electrons. The van der Waals surface area contributed by atoms with Gasteiger partial charge in [0.15, 0.2) is 6.61 Å². The number of anilines is 1. The molecule has 0 atom stereocenters. The Morgan fingerprint density at radius 1 is 1.13 bits per heavy atom. The first-order valence-electron chi connectivity index (χ1n) is 10.1. The van der Waals surface area contributed by atoms with Gasteiger partial charge in [-0.05, 0) is 54.3 Å². The fourth-order valence-electron chi connectivity index (χ4n) is 3.44. The molecular formula is C24H26N2O5. The van der Waals surface area contributed by atoms with E-state index in [4.69, 9.17) is 9.15 Å². The molecule has 2 amide bonds. The fraction of sp³-hybridized carbons (Fsp3) is 0.292. The van der Waals surface area contributed by atoms with E-state index in [2.05, 4.69) is 24.5 Å². The Hall–Kier alpha value is -3.61. The molecule has 0 bridgehead atoms. The van der Waals surface area contributed by atoms with Crippen LogP contribution in [0.4, 0.5) is 5.69 Å². The molecule has 2 N–H and O–H groups in total. The summed E-state index contributed by atoms with van der Waals surface area (Å²) in [6.45, 7) is 5.85. The van der Waals surface area contributed by atoms with Crippen LogP contribution in [-0.2, 0) is 20.7 Å². The smallest absolute Gasteiger partial charge is 0.310 e. The predicted octanol–water partition coefficient (Wildman–Crippen LogP) is 3.95. The fourth-order valence-corrected chi connectivity index (χ4v) is 3.44. The first-order valence-corrected chi connectivity index (χ1v) is 10.1. The van der Waals surface area contributed by atoms with E-state index in [-0.39, 0.29) is 12.3 Å². The van der Waals surface area contributed by atoms with E-state index in [9.17, 15) is 14.4 Å². The van der Waals surface area contributed by atoms with E-state index in [1.165, 1.54) is 12.6 Å². The molecule has 7 heteroatoms. The lowest BCUT2D eigenvalue weighted by Crippen LogP contribution is -2.22. The number of esters is 1. The van der Waals surface area contributed by atoms with Gasteiger partial charge in [-0.3, -0.25) is 14.4 Å². The highest BCUT2D eigenvalue weighted by Gasteiger charge is 2.16. The summed E-state index contributed by atoms with van der Waals surface area (Å²) >= 11 is 0. The number of aryl methyl sites for hydroxylation is 1. The Kier molecular flexibility index (Phi) is 6.74. The van der Waals surface area contributed by atoms with Gasteiger partial charge in [0, 0.05) is 29.2 Å². The van der Waals surface area contributed by atoms with Crippen LogP contribution in [0.15, 0.2) is 47.1 Å². The number of rotatable bonds is 7. The highest BCUT2D eigenvalue weighted by Crippen LogP contribution is 2.29. The van der Waals surface area contributed by atoms with Crippen molar-refractivity contribution in [3.8, 4) is 0 Å². The molecule has 0 aliphatic rings. The average Bonchev–Trinajstić information content (AvgIpc) is 3.12. The Labute approximate surface area is 180 Å². The lowest BCUT2D eigenvalue weighted by Gasteiger charge is -2.10. The van der Waals surface area contributed by atoms with Crippen molar-refractivity contribution in [1.29, 1.82) is 0 Å². The molecule has 0 aliphatic heterocycles. The summed E-state index contributed by atoms with van der Waals surface area (Å²) in [7, 11) is 1.53. The number of ether oxygens (including phenoxy) is 1. The molecule has 0 spiro atoms. The number of nitrogens with one attached hydrogen (secondary N) is 2. The molecule has 3 rings (SSSR count). The van der Waals surface area contributed by atoms with Crippen molar-refractivity contribution in [3.05, 3.63) is 64.9 Å². The van der Waals surface area contributed by atoms with Crippen molar-refractivity contribution < 1.29 is 23.5 Å². The van der Waals surface area contributed by atoms with Gasteiger partial charge in [0.25, 0.3) is 11.8 Å². The van der Waals surface area contributed by atoms with Crippen molar-refractivity contribution in [1.82, 2.24) is 5.32 Å². The zero-order chi connectivity index (χ0) is 22.5. The van der Waals surface area contributed by atoms with E-state index >= 15 is 0 Å². The van der Waals surface area contributed by atoms with E-state index in [0.29, 0.717) is 17.2 Å². The second-order valence-electron chi connectivity index (χ2n) is 7.67. The van der Waals surface area contributed by atoms with Crippen LogP contribution in [0.3, 0.4) is 0 Å². The van der Waals surface area contributed by atoms with Gasteiger partial charge in [-0.2, -0.15) is 0 Å². The third kappa shape index (κ3) is 5.31. The van der Waals surface area contributed by atoms with Crippen molar-refractivity contribution in [3.63, 3.8) is 0 Å². The second kappa shape index (κ2) is 9.47. The van der Waals surface area contributed by atoms with Crippen LogP contribution in [0.5, 0.6) is 0 Å². The number of fused-ring (bicyclic) bond motifs is 1. The standard InChI is InChI=1S/C24H26N2O5/c1-14(2)19-11-20-17(12-30-21(20)8-15(19)3)10-23(28)31-13-22(27)26-18-7-5-6-16(9-18)24(29)25-4/h5-9,11-12,14H,10,13H2,1-4H3,(H,25,29)(H,26,27). The van der Waals surface area contributed by atoms with Gasteiger partial charge in [0.1, 0.15) is 5.58 Å². The van der Waals surface area contributed by atoms with Crippen molar-refractivity contribution >= 4 is 34.4 Å². The molecule has 1 aromatic heterocycles. The first-order chi connectivity index (χ1) is 14.8. The van der Waals surface area contributed by atoms with Gasteiger partial charge >= 0.3 is 5.97 Å². The van der Waals surface area contributed by atoms with Crippen LogP contribution in [0.1, 0.15) is 46.8 Å². The molecule has 1 heterocycles. The minimum Gasteiger partial charge on any atom is -0.464 e. The molecule has 7 nitrogen and oxygen atoms in total. The van der Waals surface area contributed by atoms with Gasteiger partial charge in [-0.15, -0.1) is 0 Å². The lowest BCUT2D eigenvalue weighted by molar-refractivity contribution is -0.146. The number of hydrogen-bond donors (Lipinski definition) is 2. The number of carbonyl (C=O) groups is 3. The molecule has 0 saturated carbocycles. The van der Waals surface area contributed by atoms with Gasteiger partial charge in [0.2, 0.25) is 0 Å². The maximum atomic E-state index is 12.3. The zero-order valence-corrected chi connectivity index (χ0v) is 18.1. The summed E-state index contributed by atoms with van der Waals surface area (Å²) < 4.78 is 10.7. The van der Waals surface area contributed by atoms with E-state index < -0.39 is 18.5 Å². The minimum absolute atomic E-state index is 0.00698. The summed E-state index contributed by atoms with van der Waals surface area (Å²) in [5.74, 6) is -0.920. The Morgan fingerprint density at radius 3 is 2.61 bits per heavy atom. The van der Waals surface area contributed by atoms with E-state index in [0.717, 1.165) is 22.1 Å². The van der Waals surface area contributed by atoms with Crippen molar-refractivity contribution in [2.24, 2.45) is 0 Å². The summed E-state index contributed by atoms with van der Waals surface area (Å²) in [6, 6.07) is 10.5. The molecule has 0 saturated heterocycles. The largest absolute Gasteiger partial charge is 0.464 e. The van der Waals surface area contributed by atoms with Crippen LogP contribution in [0.2, 0.25) is 0 Å². The van der Waals surface area contributed by atoms with Crippen LogP contribution < -0.4 is 10.6 Å². The lowest BCUT2D eigenvalue weighted by atomic mass is 9.95.